The third-order valence-electron chi connectivity index (χ3n) is 3.74. The van der Waals surface area contributed by atoms with E-state index in [-0.39, 0.29) is 35.5 Å². The number of amides is 2. The molecule has 2 aliphatic rings. The van der Waals surface area contributed by atoms with Gasteiger partial charge in [-0.15, -0.1) is 11.8 Å². The number of benzene rings is 1. The molecule has 2 amide bonds. The molecular weight excluding hydrogens is 316 g/mol. The number of thioether (sulfide) groups is 1. The molecule has 1 aliphatic carbocycles. The second-order valence-electron chi connectivity index (χ2n) is 5.63. The topological polar surface area (TPSA) is 84.5 Å². The minimum Gasteiger partial charge on any atom is -0.484 e. The Balaban J connectivity index is 1.41. The molecule has 0 spiro atoms. The van der Waals surface area contributed by atoms with Crippen molar-refractivity contribution in [3.05, 3.63) is 30.3 Å². The van der Waals surface area contributed by atoms with E-state index >= 15 is 0 Å². The van der Waals surface area contributed by atoms with E-state index in [0.29, 0.717) is 11.5 Å². The molecule has 1 aliphatic heterocycles. The summed E-state index contributed by atoms with van der Waals surface area (Å²) in [6.45, 7) is -0.147. The number of para-hydroxylation sites is 1. The van der Waals surface area contributed by atoms with Crippen LogP contribution in [0.25, 0.3) is 0 Å². The summed E-state index contributed by atoms with van der Waals surface area (Å²) in [6.07, 6.45) is 1.96. The smallest absolute Gasteiger partial charge is 0.258 e. The van der Waals surface area contributed by atoms with Crippen LogP contribution in [-0.4, -0.2) is 41.4 Å². The van der Waals surface area contributed by atoms with Crippen molar-refractivity contribution in [2.24, 2.45) is 5.92 Å². The second kappa shape index (κ2) is 7.04. The fourth-order valence-corrected chi connectivity index (χ4v) is 3.37. The number of Topliss-reactive ketones (excluding diaryl/α,β-unsaturated/α-hetero) is 1. The first-order chi connectivity index (χ1) is 11.1. The van der Waals surface area contributed by atoms with Crippen LogP contribution in [-0.2, 0) is 14.4 Å². The minimum atomic E-state index is -0.598. The molecule has 1 heterocycles. The maximum absolute atomic E-state index is 11.9. The fraction of sp³-hybridized carbons (Fsp3) is 0.438. The highest BCUT2D eigenvalue weighted by Crippen LogP contribution is 2.32. The van der Waals surface area contributed by atoms with Gasteiger partial charge >= 0.3 is 0 Å². The predicted molar refractivity (Wildman–Crippen MR) is 86.0 cm³/mol. The lowest BCUT2D eigenvalue weighted by molar-refractivity contribution is -0.134. The lowest BCUT2D eigenvalue weighted by atomic mass is 10.1. The Kier molecular flexibility index (Phi) is 4.85. The summed E-state index contributed by atoms with van der Waals surface area (Å²) in [4.78, 5) is 35.1. The minimum absolute atomic E-state index is 0.147. The van der Waals surface area contributed by atoms with Gasteiger partial charge in [-0.25, -0.2) is 0 Å². The first-order valence-electron chi connectivity index (χ1n) is 7.55. The molecule has 0 aromatic heterocycles. The van der Waals surface area contributed by atoms with Gasteiger partial charge in [0.2, 0.25) is 5.91 Å². The number of nitrogens with one attached hydrogen (secondary N) is 2. The zero-order valence-corrected chi connectivity index (χ0v) is 13.3. The van der Waals surface area contributed by atoms with Gasteiger partial charge in [-0.2, -0.15) is 0 Å². The molecule has 3 rings (SSSR count). The third kappa shape index (κ3) is 4.25. The highest BCUT2D eigenvalue weighted by molar-refractivity contribution is 8.00. The van der Waals surface area contributed by atoms with Crippen LogP contribution >= 0.6 is 11.8 Å². The summed E-state index contributed by atoms with van der Waals surface area (Å²) < 4.78 is 5.34. The van der Waals surface area contributed by atoms with Crippen LogP contribution in [0.3, 0.4) is 0 Å². The van der Waals surface area contributed by atoms with E-state index in [1.54, 1.807) is 12.1 Å². The Morgan fingerprint density at radius 3 is 2.65 bits per heavy atom. The van der Waals surface area contributed by atoms with Gasteiger partial charge in [-0.1, -0.05) is 18.2 Å². The highest BCUT2D eigenvalue weighted by Gasteiger charge is 2.41. The van der Waals surface area contributed by atoms with Crippen molar-refractivity contribution >= 4 is 29.4 Å². The number of hydrogen-bond acceptors (Lipinski definition) is 5. The summed E-state index contributed by atoms with van der Waals surface area (Å²) >= 11 is 1.37. The molecule has 2 fully saturated rings. The van der Waals surface area contributed by atoms with Crippen LogP contribution in [0.2, 0.25) is 0 Å². The molecule has 122 valence electrons. The average Bonchev–Trinajstić information content (AvgIpc) is 3.40. The van der Waals surface area contributed by atoms with Crippen molar-refractivity contribution < 1.29 is 19.1 Å². The summed E-state index contributed by atoms with van der Waals surface area (Å²) in [5.41, 5.74) is 0. The van der Waals surface area contributed by atoms with Crippen molar-refractivity contribution in [2.45, 2.75) is 24.3 Å². The van der Waals surface area contributed by atoms with Gasteiger partial charge in [0, 0.05) is 5.92 Å². The molecule has 2 atom stereocenters. The Labute approximate surface area is 138 Å². The van der Waals surface area contributed by atoms with Crippen molar-refractivity contribution in [1.29, 1.82) is 0 Å². The monoisotopic (exact) mass is 334 g/mol. The molecule has 6 nitrogen and oxygen atoms in total. The lowest BCUT2D eigenvalue weighted by Gasteiger charge is -2.36. The van der Waals surface area contributed by atoms with Gasteiger partial charge in [-0.05, 0) is 25.0 Å². The number of hydrogen-bond donors (Lipinski definition) is 2. The largest absolute Gasteiger partial charge is 0.484 e. The Hall–Kier alpha value is -2.02. The number of rotatable bonds is 8. The maximum atomic E-state index is 11.9. The van der Waals surface area contributed by atoms with Crippen molar-refractivity contribution in [3.8, 4) is 5.75 Å². The highest BCUT2D eigenvalue weighted by atomic mass is 32.2. The Bertz CT molecular complexity index is 603. The zero-order chi connectivity index (χ0) is 16.2. The van der Waals surface area contributed by atoms with Crippen LogP contribution in [0, 0.1) is 5.92 Å². The SMILES string of the molecule is O=C(COc1ccccc1)N[C@@H]1C(=O)N[C@@H]1SCC(=O)C1CC1. The molecule has 1 aromatic rings. The first kappa shape index (κ1) is 15.9. The standard InChI is InChI=1S/C16H18N2O4S/c19-12(10-6-7-10)9-23-16-14(15(21)18-16)17-13(20)8-22-11-4-2-1-3-5-11/h1-5,10,14,16H,6-9H2,(H,17,20)(H,18,21)/t14-,16-/m1/s1. The van der Waals surface area contributed by atoms with Crippen molar-refractivity contribution in [3.63, 3.8) is 0 Å². The molecule has 7 heteroatoms. The summed E-state index contributed by atoms with van der Waals surface area (Å²) in [5.74, 6) is 0.839. The van der Waals surface area contributed by atoms with Gasteiger partial charge in [0.25, 0.3) is 5.91 Å². The summed E-state index contributed by atoms with van der Waals surface area (Å²) in [5, 5.41) is 5.11. The van der Waals surface area contributed by atoms with E-state index in [1.807, 2.05) is 18.2 Å². The van der Waals surface area contributed by atoms with Gasteiger partial charge in [0.1, 0.15) is 22.9 Å². The van der Waals surface area contributed by atoms with Crippen LogP contribution in [0.4, 0.5) is 0 Å². The van der Waals surface area contributed by atoms with Gasteiger partial charge < -0.3 is 15.4 Å². The molecule has 0 bridgehead atoms. The van der Waals surface area contributed by atoms with E-state index in [2.05, 4.69) is 10.6 Å². The Morgan fingerprint density at radius 1 is 1.26 bits per heavy atom. The number of carbonyl (C=O) groups excluding carboxylic acids is 3. The zero-order valence-electron chi connectivity index (χ0n) is 12.5. The van der Waals surface area contributed by atoms with Gasteiger partial charge in [0.15, 0.2) is 6.61 Å². The Morgan fingerprint density at radius 2 is 2.00 bits per heavy atom. The van der Waals surface area contributed by atoms with Gasteiger partial charge in [0.05, 0.1) is 5.75 Å². The third-order valence-corrected chi connectivity index (χ3v) is 4.94. The number of β-lactam (4-membered cyclic amide) rings is 1. The van der Waals surface area contributed by atoms with Crippen LogP contribution in [0.1, 0.15) is 12.8 Å². The van der Waals surface area contributed by atoms with Crippen molar-refractivity contribution in [1.82, 2.24) is 10.6 Å². The molecule has 1 aromatic carbocycles. The summed E-state index contributed by atoms with van der Waals surface area (Å²) in [6, 6.07) is 8.40. The second-order valence-corrected chi connectivity index (χ2v) is 6.76. The molecule has 1 saturated heterocycles. The van der Waals surface area contributed by atoms with Crippen LogP contribution in [0.5, 0.6) is 5.75 Å². The van der Waals surface area contributed by atoms with E-state index in [0.717, 1.165) is 12.8 Å². The quantitative estimate of drug-likeness (QED) is 0.684. The number of carbonyl (C=O) groups is 3. The van der Waals surface area contributed by atoms with E-state index in [1.165, 1.54) is 11.8 Å². The maximum Gasteiger partial charge on any atom is 0.258 e. The molecule has 0 unspecified atom stereocenters. The van der Waals surface area contributed by atoms with Crippen molar-refractivity contribution in [2.75, 3.05) is 12.4 Å². The fourth-order valence-electron chi connectivity index (χ4n) is 2.21. The predicted octanol–water partition coefficient (Wildman–Crippen LogP) is 0.718. The van der Waals surface area contributed by atoms with Gasteiger partial charge in [-0.3, -0.25) is 14.4 Å². The molecular formula is C16H18N2O4S. The van der Waals surface area contributed by atoms with E-state index < -0.39 is 6.04 Å². The molecule has 0 radical (unpaired) electrons. The van der Waals surface area contributed by atoms with E-state index in [9.17, 15) is 14.4 Å². The lowest BCUT2D eigenvalue weighted by Crippen LogP contribution is -2.68. The normalized spacial score (nSPS) is 22.7. The van der Waals surface area contributed by atoms with Crippen LogP contribution < -0.4 is 15.4 Å². The molecule has 23 heavy (non-hydrogen) atoms. The molecule has 2 N–H and O–H groups in total. The first-order valence-corrected chi connectivity index (χ1v) is 8.60. The van der Waals surface area contributed by atoms with Crippen LogP contribution in [0.15, 0.2) is 30.3 Å². The molecule has 1 saturated carbocycles. The number of ketones is 1. The average molecular weight is 334 g/mol. The number of ether oxygens (including phenoxy) is 1. The summed E-state index contributed by atoms with van der Waals surface area (Å²) in [7, 11) is 0. The van der Waals surface area contributed by atoms with E-state index in [4.69, 9.17) is 4.74 Å².